The molecule has 1 amide bonds. The number of nitrogens with zero attached hydrogens (tertiary/aromatic N) is 2. The Hall–Kier alpha value is -2.59. The molecule has 5 rings (SSSR count). The number of carbonyl (C=O) groups is 1. The Morgan fingerprint density at radius 1 is 1.09 bits per heavy atom. The lowest BCUT2D eigenvalue weighted by atomic mass is 10.0. The molecule has 182 valence electrons. The van der Waals surface area contributed by atoms with Crippen LogP contribution in [0.2, 0.25) is 0 Å². The highest BCUT2D eigenvalue weighted by atomic mass is 32.2. The largest absolute Gasteiger partial charge is 0.317 e. The average Bonchev–Trinajstić information content (AvgIpc) is 3.43. The molecule has 2 aromatic carbocycles. The van der Waals surface area contributed by atoms with E-state index in [9.17, 15) is 13.2 Å². The van der Waals surface area contributed by atoms with Crippen LogP contribution in [0.4, 0.5) is 5.00 Å². The SMILES string of the molecule is CC(C)N1CCc2c(sc(NC(=O)CCS(=O)(=O)c3ccccc3)c2-c2nc3ccccc3s2)C1. The first-order chi connectivity index (χ1) is 16.8. The predicted molar refractivity (Wildman–Crippen MR) is 144 cm³/mol. The Kier molecular flexibility index (Phi) is 6.76. The maximum absolute atomic E-state index is 12.9. The van der Waals surface area contributed by atoms with Crippen LogP contribution in [0.15, 0.2) is 59.5 Å². The molecule has 4 aromatic rings. The molecule has 6 nitrogen and oxygen atoms in total. The van der Waals surface area contributed by atoms with Crippen molar-refractivity contribution in [3.05, 3.63) is 65.0 Å². The smallest absolute Gasteiger partial charge is 0.226 e. The fourth-order valence-electron chi connectivity index (χ4n) is 4.32. The minimum atomic E-state index is -3.52. The number of hydrogen-bond acceptors (Lipinski definition) is 7. The van der Waals surface area contributed by atoms with Crippen LogP contribution in [0.3, 0.4) is 0 Å². The van der Waals surface area contributed by atoms with Crippen molar-refractivity contribution in [3.63, 3.8) is 0 Å². The summed E-state index contributed by atoms with van der Waals surface area (Å²) in [6, 6.07) is 16.8. The van der Waals surface area contributed by atoms with Gasteiger partial charge < -0.3 is 5.32 Å². The van der Waals surface area contributed by atoms with Gasteiger partial charge in [0.15, 0.2) is 9.84 Å². The molecule has 0 fully saturated rings. The normalized spacial score (nSPS) is 14.4. The molecular weight excluding hydrogens is 499 g/mol. The summed E-state index contributed by atoms with van der Waals surface area (Å²) in [6.07, 6.45) is 0.796. The Bertz CT molecular complexity index is 1440. The average molecular weight is 526 g/mol. The number of para-hydroxylation sites is 1. The highest BCUT2D eigenvalue weighted by molar-refractivity contribution is 7.91. The molecule has 0 atom stereocenters. The Morgan fingerprint density at radius 2 is 1.83 bits per heavy atom. The van der Waals surface area contributed by atoms with Crippen LogP contribution < -0.4 is 5.32 Å². The van der Waals surface area contributed by atoms with Crippen molar-refractivity contribution in [2.75, 3.05) is 17.6 Å². The molecule has 0 aliphatic carbocycles. The van der Waals surface area contributed by atoms with Gasteiger partial charge in [-0.2, -0.15) is 0 Å². The van der Waals surface area contributed by atoms with Crippen molar-refractivity contribution in [1.82, 2.24) is 9.88 Å². The maximum atomic E-state index is 12.9. The van der Waals surface area contributed by atoms with Gasteiger partial charge in [0.25, 0.3) is 0 Å². The maximum Gasteiger partial charge on any atom is 0.226 e. The van der Waals surface area contributed by atoms with Crippen molar-refractivity contribution in [3.8, 4) is 10.6 Å². The van der Waals surface area contributed by atoms with E-state index in [0.717, 1.165) is 45.3 Å². The predicted octanol–water partition coefficient (Wildman–Crippen LogP) is 5.59. The number of benzene rings is 2. The molecule has 2 aromatic heterocycles. The second kappa shape index (κ2) is 9.81. The number of rotatable bonds is 7. The molecule has 0 saturated heterocycles. The highest BCUT2D eigenvalue weighted by Crippen LogP contribution is 2.45. The topological polar surface area (TPSA) is 79.4 Å². The number of anilines is 1. The van der Waals surface area contributed by atoms with E-state index in [0.29, 0.717) is 6.04 Å². The molecule has 3 heterocycles. The number of nitrogens with one attached hydrogen (secondary N) is 1. The van der Waals surface area contributed by atoms with Gasteiger partial charge in [-0.05, 0) is 50.1 Å². The molecule has 0 saturated carbocycles. The van der Waals surface area contributed by atoms with E-state index in [2.05, 4.69) is 30.1 Å². The summed E-state index contributed by atoms with van der Waals surface area (Å²) in [5.74, 6) is -0.530. The zero-order chi connectivity index (χ0) is 24.6. The number of hydrogen-bond donors (Lipinski definition) is 1. The zero-order valence-corrected chi connectivity index (χ0v) is 22.1. The summed E-state index contributed by atoms with van der Waals surface area (Å²) in [5, 5.41) is 4.70. The van der Waals surface area contributed by atoms with Crippen LogP contribution in [-0.4, -0.2) is 42.5 Å². The standard InChI is InChI=1S/C26H27N3O3S3/c1-17(2)29-14-12-19-22(16-29)34-26(24(19)25-27-20-10-6-7-11-21(20)33-25)28-23(30)13-15-35(31,32)18-8-4-3-5-9-18/h3-11,17H,12-16H2,1-2H3,(H,28,30). The van der Waals surface area contributed by atoms with Crippen LogP contribution in [0, 0.1) is 0 Å². The Labute approximate surface area is 213 Å². The van der Waals surface area contributed by atoms with E-state index < -0.39 is 9.84 Å². The van der Waals surface area contributed by atoms with Crippen molar-refractivity contribution in [1.29, 1.82) is 0 Å². The lowest BCUT2D eigenvalue weighted by Gasteiger charge is -2.30. The highest BCUT2D eigenvalue weighted by Gasteiger charge is 2.28. The molecule has 1 aliphatic rings. The first-order valence-corrected chi connectivity index (χ1v) is 14.9. The van der Waals surface area contributed by atoms with E-state index in [4.69, 9.17) is 4.98 Å². The van der Waals surface area contributed by atoms with E-state index in [1.807, 2.05) is 18.2 Å². The van der Waals surface area contributed by atoms with Gasteiger partial charge in [0.2, 0.25) is 5.91 Å². The Morgan fingerprint density at radius 3 is 2.57 bits per heavy atom. The van der Waals surface area contributed by atoms with Gasteiger partial charge >= 0.3 is 0 Å². The van der Waals surface area contributed by atoms with Crippen LogP contribution in [-0.2, 0) is 27.6 Å². The molecule has 0 bridgehead atoms. The molecule has 9 heteroatoms. The van der Waals surface area contributed by atoms with Crippen molar-refractivity contribution >= 4 is 53.6 Å². The summed E-state index contributed by atoms with van der Waals surface area (Å²) >= 11 is 3.22. The second-order valence-electron chi connectivity index (χ2n) is 8.94. The van der Waals surface area contributed by atoms with Crippen LogP contribution in [0.5, 0.6) is 0 Å². The lowest BCUT2D eigenvalue weighted by molar-refractivity contribution is -0.115. The molecular formula is C26H27N3O3S3. The van der Waals surface area contributed by atoms with Crippen LogP contribution >= 0.6 is 22.7 Å². The van der Waals surface area contributed by atoms with Gasteiger partial charge in [0.1, 0.15) is 10.0 Å². The zero-order valence-electron chi connectivity index (χ0n) is 19.7. The fraction of sp³-hybridized carbons (Fsp3) is 0.308. The van der Waals surface area contributed by atoms with Gasteiger partial charge in [0.05, 0.1) is 20.9 Å². The van der Waals surface area contributed by atoms with Crippen LogP contribution in [0.1, 0.15) is 30.7 Å². The summed E-state index contributed by atoms with van der Waals surface area (Å²) in [5.41, 5.74) is 3.19. The third kappa shape index (κ3) is 5.04. The third-order valence-corrected chi connectivity index (χ3v) is 10.2. The fourth-order valence-corrected chi connectivity index (χ4v) is 7.98. The first kappa shape index (κ1) is 24.1. The second-order valence-corrected chi connectivity index (χ2v) is 13.2. The van der Waals surface area contributed by atoms with Crippen molar-refractivity contribution in [2.45, 2.75) is 44.2 Å². The van der Waals surface area contributed by atoms with Gasteiger partial charge in [-0.3, -0.25) is 9.69 Å². The lowest BCUT2D eigenvalue weighted by Crippen LogP contribution is -2.35. The van der Waals surface area contributed by atoms with Gasteiger partial charge in [-0.25, -0.2) is 13.4 Å². The van der Waals surface area contributed by atoms with E-state index >= 15 is 0 Å². The van der Waals surface area contributed by atoms with Crippen molar-refractivity contribution in [2.24, 2.45) is 0 Å². The number of thiazole rings is 1. The van der Waals surface area contributed by atoms with E-state index in [1.165, 1.54) is 10.4 Å². The van der Waals surface area contributed by atoms with E-state index in [1.54, 1.807) is 53.0 Å². The monoisotopic (exact) mass is 525 g/mol. The molecule has 0 radical (unpaired) electrons. The molecule has 0 spiro atoms. The number of amides is 1. The number of carbonyl (C=O) groups excluding carboxylic acids is 1. The minimum absolute atomic E-state index is 0.100. The molecule has 1 N–H and O–H groups in total. The number of aromatic nitrogens is 1. The summed E-state index contributed by atoms with van der Waals surface area (Å²) < 4.78 is 26.4. The number of thiophene rings is 1. The summed E-state index contributed by atoms with van der Waals surface area (Å²) in [4.78, 5) is 21.7. The summed E-state index contributed by atoms with van der Waals surface area (Å²) in [7, 11) is -3.52. The number of sulfone groups is 1. The van der Waals surface area contributed by atoms with E-state index in [-0.39, 0.29) is 23.0 Å². The molecule has 0 unspecified atom stereocenters. The first-order valence-electron chi connectivity index (χ1n) is 11.6. The minimum Gasteiger partial charge on any atom is -0.317 e. The number of fused-ring (bicyclic) bond motifs is 2. The van der Waals surface area contributed by atoms with Crippen molar-refractivity contribution < 1.29 is 13.2 Å². The van der Waals surface area contributed by atoms with Gasteiger partial charge in [0, 0.05) is 36.0 Å². The quantitative estimate of drug-likeness (QED) is 0.340. The van der Waals surface area contributed by atoms with Gasteiger partial charge in [-0.15, -0.1) is 22.7 Å². The molecule has 1 aliphatic heterocycles. The summed E-state index contributed by atoms with van der Waals surface area (Å²) in [6.45, 7) is 6.20. The third-order valence-electron chi connectivity index (χ3n) is 6.28. The Balaban J connectivity index is 1.43. The molecule has 35 heavy (non-hydrogen) atoms. The van der Waals surface area contributed by atoms with Crippen LogP contribution in [0.25, 0.3) is 20.8 Å². The van der Waals surface area contributed by atoms with Gasteiger partial charge in [-0.1, -0.05) is 30.3 Å².